The number of thiophene rings is 1. The lowest BCUT2D eigenvalue weighted by molar-refractivity contribution is -0.123. The summed E-state index contributed by atoms with van der Waals surface area (Å²) in [5.74, 6) is 0.795. The molecule has 0 spiro atoms. The van der Waals surface area contributed by atoms with E-state index in [2.05, 4.69) is 28.6 Å². The highest BCUT2D eigenvalue weighted by Crippen LogP contribution is 2.32. The summed E-state index contributed by atoms with van der Waals surface area (Å²) in [5, 5.41) is 5.74. The molecule has 0 saturated heterocycles. The number of amides is 1. The molecule has 3 rings (SSSR count). The highest BCUT2D eigenvalue weighted by Gasteiger charge is 2.25. The number of fused-ring (bicyclic) bond motifs is 1. The second-order valence-corrected chi connectivity index (χ2v) is 7.29. The first kappa shape index (κ1) is 17.3. The van der Waals surface area contributed by atoms with E-state index >= 15 is 0 Å². The second-order valence-electron chi connectivity index (χ2n) is 5.85. The number of carbonyl (C=O) groups is 1. The number of rotatable bonds is 6. The molecule has 1 aromatic heterocycles. The summed E-state index contributed by atoms with van der Waals surface area (Å²) >= 11 is 7.64. The molecule has 0 bridgehead atoms. The van der Waals surface area contributed by atoms with Gasteiger partial charge >= 0.3 is 0 Å². The Morgan fingerprint density at radius 2 is 2.17 bits per heavy atom. The van der Waals surface area contributed by atoms with Gasteiger partial charge < -0.3 is 10.1 Å². The Bertz CT molecular complexity index is 687. The summed E-state index contributed by atoms with van der Waals surface area (Å²) in [6.07, 6.45) is 1.03. The number of benzene rings is 1. The minimum Gasteiger partial charge on any atom is -0.492 e. The van der Waals surface area contributed by atoms with Crippen molar-refractivity contribution in [1.29, 1.82) is 0 Å². The molecular formula is C18H21ClN2O2S. The summed E-state index contributed by atoms with van der Waals surface area (Å²) in [6.45, 7) is 4.47. The summed E-state index contributed by atoms with van der Waals surface area (Å²) in [4.78, 5) is 15.8. The second kappa shape index (κ2) is 8.01. The topological polar surface area (TPSA) is 41.6 Å². The largest absolute Gasteiger partial charge is 0.492 e. The molecule has 0 unspecified atom stereocenters. The predicted molar refractivity (Wildman–Crippen MR) is 98.0 cm³/mol. The van der Waals surface area contributed by atoms with Crippen molar-refractivity contribution in [3.05, 3.63) is 51.2 Å². The zero-order chi connectivity index (χ0) is 16.9. The molecule has 2 aromatic rings. The lowest BCUT2D eigenvalue weighted by Crippen LogP contribution is -2.42. The minimum absolute atomic E-state index is 0.0419. The van der Waals surface area contributed by atoms with Crippen molar-refractivity contribution >= 4 is 28.8 Å². The van der Waals surface area contributed by atoms with Crippen molar-refractivity contribution in [2.75, 3.05) is 26.2 Å². The number of nitrogens with one attached hydrogen (secondary N) is 1. The SMILES string of the molecule is C[C@@H]1c2ccsc2CCN1CC(=O)NCCOc1ccc(Cl)cc1. The van der Waals surface area contributed by atoms with E-state index in [1.165, 1.54) is 10.4 Å². The van der Waals surface area contributed by atoms with Gasteiger partial charge in [0.25, 0.3) is 0 Å². The smallest absolute Gasteiger partial charge is 0.234 e. The molecule has 0 radical (unpaired) electrons. The number of nitrogens with zero attached hydrogens (tertiary/aromatic N) is 1. The molecular weight excluding hydrogens is 344 g/mol. The molecule has 2 heterocycles. The summed E-state index contributed by atoms with van der Waals surface area (Å²) in [7, 11) is 0. The van der Waals surface area contributed by atoms with E-state index in [0.717, 1.165) is 18.7 Å². The summed E-state index contributed by atoms with van der Waals surface area (Å²) in [5.41, 5.74) is 1.37. The van der Waals surface area contributed by atoms with E-state index < -0.39 is 0 Å². The van der Waals surface area contributed by atoms with Crippen molar-refractivity contribution in [1.82, 2.24) is 10.2 Å². The van der Waals surface area contributed by atoms with Crippen molar-refractivity contribution in [2.45, 2.75) is 19.4 Å². The van der Waals surface area contributed by atoms with E-state index in [1.807, 2.05) is 23.5 Å². The fraction of sp³-hybridized carbons (Fsp3) is 0.389. The van der Waals surface area contributed by atoms with Crippen LogP contribution in [-0.2, 0) is 11.2 Å². The summed E-state index contributed by atoms with van der Waals surface area (Å²) < 4.78 is 5.57. The van der Waals surface area contributed by atoms with Crippen LogP contribution in [0.2, 0.25) is 5.02 Å². The molecule has 0 saturated carbocycles. The van der Waals surface area contributed by atoms with Gasteiger partial charge in [-0.15, -0.1) is 11.3 Å². The Balaban J connectivity index is 1.39. The lowest BCUT2D eigenvalue weighted by Gasteiger charge is -2.32. The van der Waals surface area contributed by atoms with E-state index in [4.69, 9.17) is 16.3 Å². The van der Waals surface area contributed by atoms with Crippen LogP contribution < -0.4 is 10.1 Å². The lowest BCUT2D eigenvalue weighted by atomic mass is 10.0. The van der Waals surface area contributed by atoms with Gasteiger partial charge in [-0.1, -0.05) is 11.6 Å². The van der Waals surface area contributed by atoms with Gasteiger partial charge in [0.1, 0.15) is 12.4 Å². The maximum absolute atomic E-state index is 12.1. The standard InChI is InChI=1S/C18H21ClN2O2S/c1-13-16-7-11-24-17(16)6-9-21(13)12-18(22)20-8-10-23-15-4-2-14(19)3-5-15/h2-5,7,11,13H,6,8-10,12H2,1H3,(H,20,22)/t13-/m1/s1. The molecule has 24 heavy (non-hydrogen) atoms. The highest BCUT2D eigenvalue weighted by molar-refractivity contribution is 7.10. The van der Waals surface area contributed by atoms with Crippen LogP contribution in [0.4, 0.5) is 0 Å². The average Bonchev–Trinajstić information content (AvgIpc) is 3.05. The van der Waals surface area contributed by atoms with Gasteiger partial charge in [0.15, 0.2) is 0 Å². The zero-order valence-electron chi connectivity index (χ0n) is 13.6. The number of hydrogen-bond donors (Lipinski definition) is 1. The van der Waals surface area contributed by atoms with Crippen LogP contribution in [0.3, 0.4) is 0 Å². The van der Waals surface area contributed by atoms with Crippen molar-refractivity contribution in [3.63, 3.8) is 0 Å². The van der Waals surface area contributed by atoms with Gasteiger partial charge in [-0.05, 0) is 54.6 Å². The van der Waals surface area contributed by atoms with E-state index in [9.17, 15) is 4.79 Å². The van der Waals surface area contributed by atoms with Gasteiger partial charge in [0, 0.05) is 22.5 Å². The maximum Gasteiger partial charge on any atom is 0.234 e. The molecule has 6 heteroatoms. The van der Waals surface area contributed by atoms with E-state index in [1.54, 1.807) is 12.1 Å². The Labute approximate surface area is 151 Å². The monoisotopic (exact) mass is 364 g/mol. The van der Waals surface area contributed by atoms with Crippen LogP contribution >= 0.6 is 22.9 Å². The molecule has 4 nitrogen and oxygen atoms in total. The van der Waals surface area contributed by atoms with Crippen molar-refractivity contribution in [2.24, 2.45) is 0 Å². The van der Waals surface area contributed by atoms with Crippen LogP contribution in [-0.4, -0.2) is 37.0 Å². The molecule has 0 fully saturated rings. The number of halogens is 1. The first-order valence-electron chi connectivity index (χ1n) is 8.09. The Morgan fingerprint density at radius 1 is 1.38 bits per heavy atom. The number of carbonyl (C=O) groups excluding carboxylic acids is 1. The van der Waals surface area contributed by atoms with Crippen LogP contribution in [0.5, 0.6) is 5.75 Å². The van der Waals surface area contributed by atoms with Crippen LogP contribution in [0.15, 0.2) is 35.7 Å². The third-order valence-electron chi connectivity index (χ3n) is 4.26. The third kappa shape index (κ3) is 4.29. The molecule has 1 amide bonds. The van der Waals surface area contributed by atoms with Gasteiger partial charge in [0.05, 0.1) is 13.1 Å². The molecule has 1 aliphatic heterocycles. The molecule has 1 aromatic carbocycles. The normalized spacial score (nSPS) is 17.3. The molecule has 1 aliphatic rings. The fourth-order valence-corrected chi connectivity index (χ4v) is 4.00. The minimum atomic E-state index is 0.0419. The molecule has 1 N–H and O–H groups in total. The van der Waals surface area contributed by atoms with E-state index in [-0.39, 0.29) is 5.91 Å². The van der Waals surface area contributed by atoms with Gasteiger partial charge in [-0.3, -0.25) is 9.69 Å². The fourth-order valence-electron chi connectivity index (χ4n) is 2.91. The van der Waals surface area contributed by atoms with Crippen LogP contribution in [0.25, 0.3) is 0 Å². The molecule has 0 aliphatic carbocycles. The quantitative estimate of drug-likeness (QED) is 0.797. The Hall–Kier alpha value is -1.56. The first-order valence-corrected chi connectivity index (χ1v) is 9.34. The number of ether oxygens (including phenoxy) is 1. The molecule has 128 valence electrons. The zero-order valence-corrected chi connectivity index (χ0v) is 15.2. The van der Waals surface area contributed by atoms with E-state index in [0.29, 0.717) is 30.8 Å². The summed E-state index contributed by atoms with van der Waals surface area (Å²) in [6, 6.07) is 9.68. The third-order valence-corrected chi connectivity index (χ3v) is 5.51. The Morgan fingerprint density at radius 3 is 2.96 bits per heavy atom. The number of hydrogen-bond acceptors (Lipinski definition) is 4. The van der Waals surface area contributed by atoms with Crippen LogP contribution in [0, 0.1) is 0 Å². The molecule has 1 atom stereocenters. The maximum atomic E-state index is 12.1. The van der Waals surface area contributed by atoms with Crippen LogP contribution in [0.1, 0.15) is 23.4 Å². The average molecular weight is 365 g/mol. The Kier molecular flexibility index (Phi) is 5.76. The van der Waals surface area contributed by atoms with Crippen molar-refractivity contribution in [3.8, 4) is 5.75 Å². The van der Waals surface area contributed by atoms with Gasteiger partial charge in [-0.25, -0.2) is 0 Å². The first-order chi connectivity index (χ1) is 11.6. The van der Waals surface area contributed by atoms with Crippen molar-refractivity contribution < 1.29 is 9.53 Å². The van der Waals surface area contributed by atoms with Gasteiger partial charge in [0.2, 0.25) is 5.91 Å². The van der Waals surface area contributed by atoms with Gasteiger partial charge in [-0.2, -0.15) is 0 Å². The predicted octanol–water partition coefficient (Wildman–Crippen LogP) is 3.52. The highest BCUT2D eigenvalue weighted by atomic mass is 35.5.